The van der Waals surface area contributed by atoms with Crippen LogP contribution in [0.2, 0.25) is 0 Å². The minimum Gasteiger partial charge on any atom is -0.497 e. The Bertz CT molecular complexity index is 728. The third-order valence-corrected chi connectivity index (χ3v) is 3.74. The highest BCUT2D eigenvalue weighted by Gasteiger charge is 2.35. The lowest BCUT2D eigenvalue weighted by Crippen LogP contribution is -2.16. The van der Waals surface area contributed by atoms with E-state index in [1.54, 1.807) is 7.11 Å². The monoisotopic (exact) mass is 313 g/mol. The predicted octanol–water partition coefficient (Wildman–Crippen LogP) is 3.03. The number of aromatic nitrogens is 1. The van der Waals surface area contributed by atoms with E-state index in [2.05, 4.69) is 17.1 Å². The number of methoxy groups -OCH3 is 1. The van der Waals surface area contributed by atoms with Gasteiger partial charge < -0.3 is 19.6 Å². The van der Waals surface area contributed by atoms with Crippen molar-refractivity contribution in [3.05, 3.63) is 47.7 Å². The lowest BCUT2D eigenvalue weighted by atomic mass is 10.2. The van der Waals surface area contributed by atoms with Crippen LogP contribution in [0.15, 0.2) is 41.6 Å². The summed E-state index contributed by atoms with van der Waals surface area (Å²) in [6.45, 7) is 4.81. The molecule has 0 spiro atoms. The molecule has 0 amide bonds. The maximum atomic E-state index is 9.38. The van der Waals surface area contributed by atoms with Crippen molar-refractivity contribution in [1.29, 1.82) is 0 Å². The number of rotatable bonds is 4. The molecule has 1 aromatic heterocycles. The number of nitrogens with zero attached hydrogens (tertiary/aromatic N) is 3. The minimum absolute atomic E-state index is 0.357. The predicted molar refractivity (Wildman–Crippen MR) is 86.5 cm³/mol. The summed E-state index contributed by atoms with van der Waals surface area (Å²) in [5, 5.41) is 12.8. The van der Waals surface area contributed by atoms with E-state index in [1.807, 2.05) is 48.2 Å². The van der Waals surface area contributed by atoms with Crippen molar-refractivity contribution >= 4 is 5.84 Å². The molecule has 1 atom stereocenters. The van der Waals surface area contributed by atoms with Crippen LogP contribution in [0, 0.1) is 6.92 Å². The number of benzene rings is 1. The van der Waals surface area contributed by atoms with Crippen molar-refractivity contribution in [1.82, 2.24) is 9.88 Å². The minimum atomic E-state index is 0.357. The van der Waals surface area contributed by atoms with Gasteiger partial charge in [-0.1, -0.05) is 5.16 Å². The standard InChI is InChI=1S/C17H19N3O3/c1-11-4-9-15(16(19-21)20-10-12(20)2)17(18-11)23-14-7-5-13(22-3)6-8-14/h4-9,12,21H,10H2,1-3H3/b19-16-. The Labute approximate surface area is 135 Å². The Morgan fingerprint density at radius 2 is 1.87 bits per heavy atom. The van der Waals surface area contributed by atoms with Crippen LogP contribution in [0.3, 0.4) is 0 Å². The molecule has 1 aromatic carbocycles. The quantitative estimate of drug-likeness (QED) is 0.309. The highest BCUT2D eigenvalue weighted by Crippen LogP contribution is 2.29. The second kappa shape index (κ2) is 6.16. The van der Waals surface area contributed by atoms with Gasteiger partial charge in [0.15, 0.2) is 5.84 Å². The number of ether oxygens (including phenoxy) is 2. The molecule has 120 valence electrons. The molecule has 6 heteroatoms. The highest BCUT2D eigenvalue weighted by atomic mass is 16.5. The van der Waals surface area contributed by atoms with Crippen LogP contribution in [0.4, 0.5) is 0 Å². The molecule has 1 unspecified atom stereocenters. The van der Waals surface area contributed by atoms with Crippen LogP contribution in [-0.4, -0.2) is 40.6 Å². The van der Waals surface area contributed by atoms with E-state index in [1.165, 1.54) is 0 Å². The van der Waals surface area contributed by atoms with Gasteiger partial charge in [0.2, 0.25) is 5.88 Å². The lowest BCUT2D eigenvalue weighted by Gasteiger charge is -2.13. The van der Waals surface area contributed by atoms with Gasteiger partial charge in [-0.05, 0) is 50.2 Å². The van der Waals surface area contributed by atoms with Gasteiger partial charge in [-0.2, -0.15) is 0 Å². The topological polar surface area (TPSA) is 67.0 Å². The van der Waals surface area contributed by atoms with Crippen molar-refractivity contribution in [2.24, 2.45) is 5.16 Å². The van der Waals surface area contributed by atoms with Gasteiger partial charge >= 0.3 is 0 Å². The first-order chi connectivity index (χ1) is 11.1. The normalized spacial score (nSPS) is 17.1. The van der Waals surface area contributed by atoms with Gasteiger partial charge in [-0.25, -0.2) is 4.98 Å². The molecule has 1 aliphatic rings. The van der Waals surface area contributed by atoms with Crippen LogP contribution >= 0.6 is 0 Å². The van der Waals surface area contributed by atoms with Crippen LogP contribution in [0.1, 0.15) is 18.2 Å². The fraction of sp³-hybridized carbons (Fsp3) is 0.294. The van der Waals surface area contributed by atoms with Gasteiger partial charge in [-0.15, -0.1) is 0 Å². The molecule has 1 fully saturated rings. The van der Waals surface area contributed by atoms with Gasteiger partial charge in [0.05, 0.1) is 12.7 Å². The third-order valence-electron chi connectivity index (χ3n) is 3.74. The molecule has 2 heterocycles. The van der Waals surface area contributed by atoms with Crippen LogP contribution in [0.25, 0.3) is 0 Å². The molecule has 0 saturated carbocycles. The van der Waals surface area contributed by atoms with E-state index in [9.17, 15) is 5.21 Å². The summed E-state index contributed by atoms with van der Waals surface area (Å²) in [6.07, 6.45) is 0. The Morgan fingerprint density at radius 3 is 2.43 bits per heavy atom. The Morgan fingerprint density at radius 1 is 1.22 bits per heavy atom. The van der Waals surface area contributed by atoms with Gasteiger partial charge in [0, 0.05) is 18.3 Å². The number of hydrogen-bond acceptors (Lipinski definition) is 5. The molecule has 2 aromatic rings. The summed E-state index contributed by atoms with van der Waals surface area (Å²) in [6, 6.07) is 11.3. The van der Waals surface area contributed by atoms with Crippen LogP contribution in [-0.2, 0) is 0 Å². The average molecular weight is 313 g/mol. The number of amidine groups is 1. The molecule has 6 nitrogen and oxygen atoms in total. The van der Waals surface area contributed by atoms with Crippen molar-refractivity contribution in [3.63, 3.8) is 0 Å². The molecular formula is C17H19N3O3. The molecule has 3 rings (SSSR count). The van der Waals surface area contributed by atoms with Gasteiger partial charge in [0.25, 0.3) is 0 Å². The summed E-state index contributed by atoms with van der Waals surface area (Å²) >= 11 is 0. The van der Waals surface area contributed by atoms with Gasteiger partial charge in [-0.3, -0.25) is 0 Å². The number of aryl methyl sites for hydroxylation is 1. The van der Waals surface area contributed by atoms with Crippen LogP contribution < -0.4 is 9.47 Å². The first kappa shape index (κ1) is 15.1. The first-order valence-corrected chi connectivity index (χ1v) is 7.41. The molecule has 0 radical (unpaired) electrons. The Balaban J connectivity index is 1.92. The third kappa shape index (κ3) is 3.21. The molecule has 23 heavy (non-hydrogen) atoms. The zero-order valence-corrected chi connectivity index (χ0v) is 13.4. The van der Waals surface area contributed by atoms with E-state index in [0.717, 1.165) is 18.0 Å². The fourth-order valence-electron chi connectivity index (χ4n) is 2.34. The fourth-order valence-corrected chi connectivity index (χ4v) is 2.34. The summed E-state index contributed by atoms with van der Waals surface area (Å²) in [7, 11) is 1.62. The van der Waals surface area contributed by atoms with E-state index < -0.39 is 0 Å². The van der Waals surface area contributed by atoms with Crippen molar-refractivity contribution < 1.29 is 14.7 Å². The highest BCUT2D eigenvalue weighted by molar-refractivity contribution is 6.01. The zero-order chi connectivity index (χ0) is 16.4. The lowest BCUT2D eigenvalue weighted by molar-refractivity contribution is 0.313. The maximum absolute atomic E-state index is 9.38. The summed E-state index contributed by atoms with van der Waals surface area (Å²) in [5.41, 5.74) is 1.49. The second-order valence-corrected chi connectivity index (χ2v) is 5.51. The van der Waals surface area contributed by atoms with E-state index in [-0.39, 0.29) is 0 Å². The largest absolute Gasteiger partial charge is 0.497 e. The summed E-state index contributed by atoms with van der Waals surface area (Å²) in [5.74, 6) is 2.29. The Hall–Kier alpha value is -2.76. The summed E-state index contributed by atoms with van der Waals surface area (Å²) < 4.78 is 11.0. The molecule has 1 saturated heterocycles. The van der Waals surface area contributed by atoms with Crippen molar-refractivity contribution in [3.8, 4) is 17.4 Å². The number of pyridine rings is 1. The first-order valence-electron chi connectivity index (χ1n) is 7.41. The molecule has 0 aliphatic carbocycles. The molecule has 1 aliphatic heterocycles. The maximum Gasteiger partial charge on any atom is 0.230 e. The van der Waals surface area contributed by atoms with E-state index >= 15 is 0 Å². The zero-order valence-electron chi connectivity index (χ0n) is 13.4. The molecular weight excluding hydrogens is 294 g/mol. The second-order valence-electron chi connectivity index (χ2n) is 5.51. The van der Waals surface area contributed by atoms with Crippen LogP contribution in [0.5, 0.6) is 17.4 Å². The average Bonchev–Trinajstić information content (AvgIpc) is 3.27. The number of hydrogen-bond donors (Lipinski definition) is 1. The van der Waals surface area contributed by atoms with Crippen molar-refractivity contribution in [2.45, 2.75) is 19.9 Å². The SMILES string of the molecule is COc1ccc(Oc2nc(C)ccc2/C(=N/O)N2CC2C)cc1. The Kier molecular flexibility index (Phi) is 4.06. The molecule has 0 bridgehead atoms. The number of oxime groups is 1. The smallest absolute Gasteiger partial charge is 0.230 e. The summed E-state index contributed by atoms with van der Waals surface area (Å²) in [4.78, 5) is 6.42. The molecule has 1 N–H and O–H groups in total. The van der Waals surface area contributed by atoms with E-state index in [0.29, 0.717) is 29.1 Å². The van der Waals surface area contributed by atoms with Gasteiger partial charge in [0.1, 0.15) is 11.5 Å². The van der Waals surface area contributed by atoms with Crippen molar-refractivity contribution in [2.75, 3.05) is 13.7 Å². The van der Waals surface area contributed by atoms with E-state index in [4.69, 9.17) is 9.47 Å².